The molecule has 0 aromatic heterocycles. The molecule has 0 aliphatic carbocycles. The molecule has 0 saturated heterocycles. The summed E-state index contributed by atoms with van der Waals surface area (Å²) >= 11 is 0. The van der Waals surface area contributed by atoms with Gasteiger partial charge in [-0.2, -0.15) is 0 Å². The molecule has 8 heteroatoms. The van der Waals surface area contributed by atoms with E-state index in [1.54, 1.807) is 12.1 Å². The van der Waals surface area contributed by atoms with Crippen molar-refractivity contribution in [3.63, 3.8) is 0 Å². The van der Waals surface area contributed by atoms with Gasteiger partial charge in [-0.1, -0.05) is 12.1 Å². The Morgan fingerprint density at radius 1 is 1.20 bits per heavy atom. The maximum Gasteiger partial charge on any atom is 0.312 e. The lowest BCUT2D eigenvalue weighted by Gasteiger charge is -2.14. The number of rotatable bonds is 6. The summed E-state index contributed by atoms with van der Waals surface area (Å²) < 4.78 is 25.5. The number of nitrogens with two attached hydrogens (primary N) is 1. The molecule has 3 amide bonds. The molecule has 1 aromatic carbocycles. The number of carbonyl (C=O) groups is 2. The topological polar surface area (TPSA) is 104 Å². The average Bonchev–Trinajstić information content (AvgIpc) is 2.43. The molecular formula is C12H15F2N3O3. The van der Waals surface area contributed by atoms with Gasteiger partial charge in [0.1, 0.15) is 6.61 Å². The summed E-state index contributed by atoms with van der Waals surface area (Å²) in [5, 5.41) is 12.8. The van der Waals surface area contributed by atoms with Crippen LogP contribution in [0, 0.1) is 0 Å². The van der Waals surface area contributed by atoms with Crippen LogP contribution < -0.4 is 16.4 Å². The first kappa shape index (κ1) is 15.8. The van der Waals surface area contributed by atoms with Gasteiger partial charge in [0.05, 0.1) is 6.54 Å². The fourth-order valence-corrected chi connectivity index (χ4v) is 1.33. The number of urea groups is 1. The van der Waals surface area contributed by atoms with Gasteiger partial charge in [-0.05, 0) is 17.7 Å². The summed E-state index contributed by atoms with van der Waals surface area (Å²) in [5.41, 5.74) is 5.81. The van der Waals surface area contributed by atoms with Crippen molar-refractivity contribution >= 4 is 11.9 Å². The third kappa shape index (κ3) is 5.19. The number of nitrogens with one attached hydrogen (secondary N) is 2. The summed E-state index contributed by atoms with van der Waals surface area (Å²) in [7, 11) is 0. The normalized spacial score (nSPS) is 10.9. The van der Waals surface area contributed by atoms with Gasteiger partial charge in [0.2, 0.25) is 0 Å². The molecule has 110 valence electrons. The Morgan fingerprint density at radius 3 is 2.30 bits per heavy atom. The van der Waals surface area contributed by atoms with Crippen molar-refractivity contribution in [1.29, 1.82) is 0 Å². The number of hydrogen-bond donors (Lipinski definition) is 4. The lowest BCUT2D eigenvalue weighted by molar-refractivity contribution is -0.0462. The van der Waals surface area contributed by atoms with E-state index in [2.05, 4.69) is 5.32 Å². The van der Waals surface area contributed by atoms with Gasteiger partial charge in [0.15, 0.2) is 0 Å². The molecule has 0 aliphatic rings. The maximum absolute atomic E-state index is 12.8. The van der Waals surface area contributed by atoms with Gasteiger partial charge in [0, 0.05) is 12.1 Å². The standard InChI is InChI=1S/C12H15F2N3O3/c13-12(14,7-18)6-17-10(19)9-3-1-8(2-4-9)5-16-11(15)20/h1-4,18H,5-7H2,(H,17,19)(H3,15,16,20). The first-order valence-corrected chi connectivity index (χ1v) is 5.73. The van der Waals surface area contributed by atoms with E-state index in [1.165, 1.54) is 12.1 Å². The van der Waals surface area contributed by atoms with Crippen LogP contribution in [0.4, 0.5) is 13.6 Å². The second kappa shape index (κ2) is 6.80. The van der Waals surface area contributed by atoms with E-state index in [9.17, 15) is 18.4 Å². The number of primary amides is 1. The van der Waals surface area contributed by atoms with Gasteiger partial charge >= 0.3 is 6.03 Å². The SMILES string of the molecule is NC(=O)NCc1ccc(C(=O)NCC(F)(F)CO)cc1. The molecule has 0 bridgehead atoms. The molecule has 5 N–H and O–H groups in total. The van der Waals surface area contributed by atoms with Gasteiger partial charge in [-0.25, -0.2) is 13.6 Å². The van der Waals surface area contributed by atoms with E-state index in [0.717, 1.165) is 0 Å². The number of aliphatic hydroxyl groups excluding tert-OH is 1. The Morgan fingerprint density at radius 2 is 1.80 bits per heavy atom. The maximum atomic E-state index is 12.8. The zero-order chi connectivity index (χ0) is 15.2. The molecule has 0 unspecified atom stereocenters. The van der Waals surface area contributed by atoms with Gasteiger partial charge in [0.25, 0.3) is 11.8 Å². The predicted molar refractivity (Wildman–Crippen MR) is 67.2 cm³/mol. The van der Waals surface area contributed by atoms with Crippen LogP contribution in [0.5, 0.6) is 0 Å². The Bertz CT molecular complexity index is 477. The first-order chi connectivity index (χ1) is 9.34. The second-order valence-electron chi connectivity index (χ2n) is 4.11. The van der Waals surface area contributed by atoms with Crippen LogP contribution in [0.15, 0.2) is 24.3 Å². The van der Waals surface area contributed by atoms with E-state index in [4.69, 9.17) is 10.8 Å². The van der Waals surface area contributed by atoms with Gasteiger partial charge in [-0.3, -0.25) is 4.79 Å². The summed E-state index contributed by atoms with van der Waals surface area (Å²) in [6, 6.07) is 5.33. The molecular weight excluding hydrogens is 272 g/mol. The number of amides is 3. The van der Waals surface area contributed by atoms with E-state index >= 15 is 0 Å². The van der Waals surface area contributed by atoms with Gasteiger partial charge in [-0.15, -0.1) is 0 Å². The minimum Gasteiger partial charge on any atom is -0.390 e. The zero-order valence-electron chi connectivity index (χ0n) is 10.5. The van der Waals surface area contributed by atoms with E-state index in [0.29, 0.717) is 5.56 Å². The Balaban J connectivity index is 2.55. The molecule has 1 aromatic rings. The van der Waals surface area contributed by atoms with Crippen molar-refractivity contribution in [2.45, 2.75) is 12.5 Å². The van der Waals surface area contributed by atoms with Crippen LogP contribution in [0.25, 0.3) is 0 Å². The molecule has 20 heavy (non-hydrogen) atoms. The van der Waals surface area contributed by atoms with Crippen molar-refractivity contribution in [2.75, 3.05) is 13.2 Å². The summed E-state index contributed by atoms with van der Waals surface area (Å²) in [6.07, 6.45) is 0. The summed E-state index contributed by atoms with van der Waals surface area (Å²) in [6.45, 7) is -2.06. The molecule has 0 heterocycles. The molecule has 1 rings (SSSR count). The molecule has 0 radical (unpaired) electrons. The lowest BCUT2D eigenvalue weighted by Crippen LogP contribution is -2.38. The highest BCUT2D eigenvalue weighted by molar-refractivity contribution is 5.94. The molecule has 0 spiro atoms. The number of alkyl halides is 2. The zero-order valence-corrected chi connectivity index (χ0v) is 10.5. The highest BCUT2D eigenvalue weighted by atomic mass is 19.3. The fourth-order valence-electron chi connectivity index (χ4n) is 1.33. The number of benzene rings is 1. The number of hydrogen-bond acceptors (Lipinski definition) is 3. The highest BCUT2D eigenvalue weighted by Gasteiger charge is 2.28. The monoisotopic (exact) mass is 287 g/mol. The van der Waals surface area contributed by atoms with Crippen LogP contribution in [-0.2, 0) is 6.54 Å². The van der Waals surface area contributed by atoms with Crippen molar-refractivity contribution in [3.05, 3.63) is 35.4 Å². The Hall–Kier alpha value is -2.22. The minimum atomic E-state index is -3.35. The number of carbonyl (C=O) groups excluding carboxylic acids is 2. The second-order valence-corrected chi connectivity index (χ2v) is 4.11. The summed E-state index contributed by atoms with van der Waals surface area (Å²) in [4.78, 5) is 22.1. The smallest absolute Gasteiger partial charge is 0.312 e. The Labute approximate surface area is 114 Å². The third-order valence-corrected chi connectivity index (χ3v) is 2.42. The van der Waals surface area contributed by atoms with E-state index < -0.39 is 31.0 Å². The van der Waals surface area contributed by atoms with Crippen LogP contribution in [0.3, 0.4) is 0 Å². The van der Waals surface area contributed by atoms with Crippen LogP contribution in [-0.4, -0.2) is 36.1 Å². The van der Waals surface area contributed by atoms with Crippen molar-refractivity contribution < 1.29 is 23.5 Å². The molecule has 0 saturated carbocycles. The predicted octanol–water partition coefficient (Wildman–Crippen LogP) is 0.212. The van der Waals surface area contributed by atoms with E-state index in [-0.39, 0.29) is 12.1 Å². The van der Waals surface area contributed by atoms with Crippen molar-refractivity contribution in [2.24, 2.45) is 5.73 Å². The van der Waals surface area contributed by atoms with E-state index in [1.807, 2.05) is 5.32 Å². The average molecular weight is 287 g/mol. The van der Waals surface area contributed by atoms with Crippen LogP contribution >= 0.6 is 0 Å². The molecule has 6 nitrogen and oxygen atoms in total. The number of aliphatic hydroxyl groups is 1. The third-order valence-electron chi connectivity index (χ3n) is 2.42. The summed E-state index contributed by atoms with van der Waals surface area (Å²) in [5.74, 6) is -4.02. The van der Waals surface area contributed by atoms with Crippen LogP contribution in [0.1, 0.15) is 15.9 Å². The quantitative estimate of drug-likeness (QED) is 0.601. The molecule has 0 atom stereocenters. The molecule has 0 fully saturated rings. The minimum absolute atomic E-state index is 0.196. The van der Waals surface area contributed by atoms with Crippen LogP contribution in [0.2, 0.25) is 0 Å². The van der Waals surface area contributed by atoms with Gasteiger partial charge < -0.3 is 21.5 Å². The van der Waals surface area contributed by atoms with Crippen molar-refractivity contribution in [3.8, 4) is 0 Å². The Kier molecular flexibility index (Phi) is 5.39. The molecule has 0 aliphatic heterocycles. The lowest BCUT2D eigenvalue weighted by atomic mass is 10.1. The number of halogens is 2. The largest absolute Gasteiger partial charge is 0.390 e. The first-order valence-electron chi connectivity index (χ1n) is 5.73. The highest BCUT2D eigenvalue weighted by Crippen LogP contribution is 2.10. The fraction of sp³-hybridized carbons (Fsp3) is 0.333. The van der Waals surface area contributed by atoms with Crippen molar-refractivity contribution in [1.82, 2.24) is 10.6 Å².